The van der Waals surface area contributed by atoms with Gasteiger partial charge in [-0.05, 0) is 12.0 Å². The highest BCUT2D eigenvalue weighted by Gasteiger charge is 2.15. The van der Waals surface area contributed by atoms with Gasteiger partial charge in [-0.2, -0.15) is 13.1 Å². The molecular weight excluding hydrogens is 228 g/mol. The van der Waals surface area contributed by atoms with Crippen LogP contribution in [0.4, 0.5) is 0 Å². The van der Waals surface area contributed by atoms with Gasteiger partial charge in [-0.15, -0.1) is 0 Å². The molecule has 0 saturated carbocycles. The van der Waals surface area contributed by atoms with E-state index >= 15 is 0 Å². The zero-order valence-electron chi connectivity index (χ0n) is 9.05. The van der Waals surface area contributed by atoms with Gasteiger partial charge >= 0.3 is 0 Å². The summed E-state index contributed by atoms with van der Waals surface area (Å²) in [6, 6.07) is 8.88. The third-order valence-corrected chi connectivity index (χ3v) is 3.32. The summed E-state index contributed by atoms with van der Waals surface area (Å²) in [5.74, 6) is 0. The monoisotopic (exact) mass is 244 g/mol. The minimum absolute atomic E-state index is 0.240. The summed E-state index contributed by atoms with van der Waals surface area (Å²) in [4.78, 5) is 0. The maximum atomic E-state index is 11.2. The van der Waals surface area contributed by atoms with E-state index in [1.54, 1.807) is 0 Å². The molecule has 0 fully saturated rings. The highest BCUT2D eigenvalue weighted by molar-refractivity contribution is 7.87. The Morgan fingerprint density at radius 3 is 2.44 bits per heavy atom. The van der Waals surface area contributed by atoms with Gasteiger partial charge in [0.15, 0.2) is 0 Å². The summed E-state index contributed by atoms with van der Waals surface area (Å²) in [5.41, 5.74) is 0.973. The lowest BCUT2D eigenvalue weighted by atomic mass is 10.1. The number of aliphatic hydroxyl groups is 1. The first-order valence-corrected chi connectivity index (χ1v) is 6.41. The van der Waals surface area contributed by atoms with E-state index < -0.39 is 16.3 Å². The van der Waals surface area contributed by atoms with Crippen LogP contribution in [0.15, 0.2) is 30.3 Å². The van der Waals surface area contributed by atoms with Gasteiger partial charge in [-0.3, -0.25) is 0 Å². The minimum atomic E-state index is -3.51. The Morgan fingerprint density at radius 2 is 1.94 bits per heavy atom. The second-order valence-corrected chi connectivity index (χ2v) is 5.05. The standard InChI is InChI=1S/C10H16N2O3S/c1-11-16(14,15)12-10(8-13)7-9-5-3-2-4-6-9/h2-6,10-13H,7-8H2,1H3/t10-/m1/s1. The van der Waals surface area contributed by atoms with Crippen molar-refractivity contribution in [3.63, 3.8) is 0 Å². The van der Waals surface area contributed by atoms with Gasteiger partial charge in [0.1, 0.15) is 0 Å². The van der Waals surface area contributed by atoms with Crippen molar-refractivity contribution in [3.8, 4) is 0 Å². The first-order valence-electron chi connectivity index (χ1n) is 4.93. The second-order valence-electron chi connectivity index (χ2n) is 3.39. The molecule has 5 nitrogen and oxygen atoms in total. The molecule has 1 aromatic rings. The molecule has 16 heavy (non-hydrogen) atoms. The van der Waals surface area contributed by atoms with Gasteiger partial charge in [0.25, 0.3) is 10.2 Å². The van der Waals surface area contributed by atoms with Gasteiger partial charge in [-0.1, -0.05) is 30.3 Å². The van der Waals surface area contributed by atoms with E-state index in [9.17, 15) is 8.42 Å². The molecule has 90 valence electrons. The number of benzene rings is 1. The van der Waals surface area contributed by atoms with E-state index in [1.807, 2.05) is 30.3 Å². The molecular formula is C10H16N2O3S. The lowest BCUT2D eigenvalue weighted by Crippen LogP contribution is -2.44. The fourth-order valence-electron chi connectivity index (χ4n) is 1.32. The topological polar surface area (TPSA) is 78.4 Å². The first-order chi connectivity index (χ1) is 7.57. The van der Waals surface area contributed by atoms with E-state index in [0.29, 0.717) is 6.42 Å². The molecule has 0 bridgehead atoms. The highest BCUT2D eigenvalue weighted by Crippen LogP contribution is 2.03. The average molecular weight is 244 g/mol. The van der Waals surface area contributed by atoms with Gasteiger partial charge < -0.3 is 5.11 Å². The minimum Gasteiger partial charge on any atom is -0.395 e. The smallest absolute Gasteiger partial charge is 0.276 e. The molecule has 0 unspecified atom stereocenters. The van der Waals surface area contributed by atoms with Crippen LogP contribution in [-0.2, 0) is 16.6 Å². The van der Waals surface area contributed by atoms with Crippen LogP contribution in [0, 0.1) is 0 Å². The van der Waals surface area contributed by atoms with Crippen molar-refractivity contribution in [1.29, 1.82) is 0 Å². The van der Waals surface area contributed by atoms with E-state index in [0.717, 1.165) is 5.56 Å². The summed E-state index contributed by atoms with van der Waals surface area (Å²) in [6.07, 6.45) is 0.457. The molecule has 0 aromatic heterocycles. The SMILES string of the molecule is CNS(=O)(=O)N[C@@H](CO)Cc1ccccc1. The molecule has 0 aliphatic rings. The first kappa shape index (κ1) is 13.1. The third-order valence-electron chi connectivity index (χ3n) is 2.14. The van der Waals surface area contributed by atoms with Gasteiger partial charge in [-0.25, -0.2) is 4.72 Å². The van der Waals surface area contributed by atoms with E-state index in [-0.39, 0.29) is 6.61 Å². The lowest BCUT2D eigenvalue weighted by molar-refractivity contribution is 0.256. The molecule has 1 rings (SSSR count). The Balaban J connectivity index is 2.63. The summed E-state index contributed by atoms with van der Waals surface area (Å²) in [6.45, 7) is -0.240. The fraction of sp³-hybridized carbons (Fsp3) is 0.400. The van der Waals surface area contributed by atoms with Crippen molar-refractivity contribution in [2.45, 2.75) is 12.5 Å². The maximum absolute atomic E-state index is 11.2. The highest BCUT2D eigenvalue weighted by atomic mass is 32.2. The van der Waals surface area contributed by atoms with Crippen LogP contribution in [0.5, 0.6) is 0 Å². The third kappa shape index (κ3) is 4.28. The predicted octanol–water partition coefficient (Wildman–Crippen LogP) is -0.356. The zero-order chi connectivity index (χ0) is 12.0. The Bertz CT molecular complexity index is 405. The Morgan fingerprint density at radius 1 is 1.31 bits per heavy atom. The Kier molecular flexibility index (Phi) is 4.88. The van der Waals surface area contributed by atoms with Crippen molar-refractivity contribution >= 4 is 10.2 Å². The van der Waals surface area contributed by atoms with Crippen LogP contribution in [0.25, 0.3) is 0 Å². The quantitative estimate of drug-likeness (QED) is 0.639. The van der Waals surface area contributed by atoms with Crippen molar-refractivity contribution in [3.05, 3.63) is 35.9 Å². The van der Waals surface area contributed by atoms with Crippen LogP contribution in [0.2, 0.25) is 0 Å². The fourth-order valence-corrected chi connectivity index (χ4v) is 2.03. The lowest BCUT2D eigenvalue weighted by Gasteiger charge is -2.15. The van der Waals surface area contributed by atoms with Crippen LogP contribution in [-0.4, -0.2) is 33.2 Å². The van der Waals surface area contributed by atoms with Crippen LogP contribution in [0.1, 0.15) is 5.56 Å². The van der Waals surface area contributed by atoms with Crippen LogP contribution < -0.4 is 9.44 Å². The van der Waals surface area contributed by atoms with E-state index in [2.05, 4.69) is 9.44 Å². The van der Waals surface area contributed by atoms with Crippen molar-refractivity contribution in [2.75, 3.05) is 13.7 Å². The molecule has 0 radical (unpaired) electrons. The van der Waals surface area contributed by atoms with Crippen LogP contribution in [0.3, 0.4) is 0 Å². The molecule has 1 aromatic carbocycles. The molecule has 6 heteroatoms. The van der Waals surface area contributed by atoms with Crippen molar-refractivity contribution in [1.82, 2.24) is 9.44 Å². The maximum Gasteiger partial charge on any atom is 0.276 e. The van der Waals surface area contributed by atoms with Gasteiger partial charge in [0.05, 0.1) is 12.6 Å². The van der Waals surface area contributed by atoms with E-state index in [4.69, 9.17) is 5.11 Å². The molecule has 0 spiro atoms. The summed E-state index contributed by atoms with van der Waals surface area (Å²) in [7, 11) is -2.19. The number of hydrogen-bond acceptors (Lipinski definition) is 3. The number of aliphatic hydroxyl groups excluding tert-OH is 1. The van der Waals surface area contributed by atoms with Gasteiger partial charge in [0, 0.05) is 7.05 Å². The summed E-state index contributed by atoms with van der Waals surface area (Å²) < 4.78 is 26.9. The second kappa shape index (κ2) is 5.95. The summed E-state index contributed by atoms with van der Waals surface area (Å²) in [5, 5.41) is 9.09. The average Bonchev–Trinajstić information content (AvgIpc) is 2.29. The molecule has 0 aliphatic carbocycles. The molecule has 0 amide bonds. The largest absolute Gasteiger partial charge is 0.395 e. The molecule has 3 N–H and O–H groups in total. The number of hydrogen-bond donors (Lipinski definition) is 3. The zero-order valence-corrected chi connectivity index (χ0v) is 9.87. The Hall–Kier alpha value is -0.950. The molecule has 0 saturated heterocycles. The predicted molar refractivity (Wildman–Crippen MR) is 62.1 cm³/mol. The van der Waals surface area contributed by atoms with Crippen LogP contribution >= 0.6 is 0 Å². The number of rotatable bonds is 6. The van der Waals surface area contributed by atoms with Gasteiger partial charge in [0.2, 0.25) is 0 Å². The summed E-state index contributed by atoms with van der Waals surface area (Å²) >= 11 is 0. The molecule has 1 atom stereocenters. The number of nitrogens with one attached hydrogen (secondary N) is 2. The molecule has 0 aliphatic heterocycles. The van der Waals surface area contributed by atoms with Crippen molar-refractivity contribution < 1.29 is 13.5 Å². The van der Waals surface area contributed by atoms with Crippen molar-refractivity contribution in [2.24, 2.45) is 0 Å². The molecule has 0 heterocycles. The van der Waals surface area contributed by atoms with E-state index in [1.165, 1.54) is 7.05 Å². The Labute approximate surface area is 95.7 Å². The normalized spacial score (nSPS) is 13.6.